The Labute approximate surface area is 194 Å². The van der Waals surface area contributed by atoms with Crippen LogP contribution in [0.4, 0.5) is 5.69 Å². The van der Waals surface area contributed by atoms with Gasteiger partial charge in [-0.3, -0.25) is 4.79 Å². The summed E-state index contributed by atoms with van der Waals surface area (Å²) in [4.78, 5) is 27.2. The first-order valence-electron chi connectivity index (χ1n) is 9.95. The molecule has 0 atom stereocenters. The normalized spacial score (nSPS) is 11.6. The van der Waals surface area contributed by atoms with Crippen LogP contribution in [0, 0.1) is 11.3 Å². The van der Waals surface area contributed by atoms with Gasteiger partial charge in [-0.25, -0.2) is 4.79 Å². The van der Waals surface area contributed by atoms with Crippen LogP contribution in [0.3, 0.4) is 0 Å². The van der Waals surface area contributed by atoms with Crippen LogP contribution in [-0.4, -0.2) is 31.3 Å². The molecule has 1 N–H and O–H groups in total. The molecule has 0 saturated heterocycles. The number of nitriles is 1. The Morgan fingerprint density at radius 1 is 1.16 bits per heavy atom. The van der Waals surface area contributed by atoms with Gasteiger partial charge in [0.25, 0.3) is 5.91 Å². The second-order valence-corrected chi connectivity index (χ2v) is 9.12. The van der Waals surface area contributed by atoms with E-state index in [1.54, 1.807) is 19.2 Å². The number of aryl methyl sites for hydroxylation is 2. The number of esters is 1. The molecule has 6 nitrogen and oxygen atoms in total. The van der Waals surface area contributed by atoms with E-state index in [4.69, 9.17) is 14.7 Å². The minimum Gasteiger partial charge on any atom is -0.497 e. The van der Waals surface area contributed by atoms with Gasteiger partial charge in [-0.15, -0.1) is 23.1 Å². The third-order valence-electron chi connectivity index (χ3n) is 5.02. The van der Waals surface area contributed by atoms with Gasteiger partial charge in [0.1, 0.15) is 10.6 Å². The first kappa shape index (κ1) is 21.9. The predicted molar refractivity (Wildman–Crippen MR) is 125 cm³/mol. The fourth-order valence-electron chi connectivity index (χ4n) is 3.53. The Balaban J connectivity index is 1.40. The quantitative estimate of drug-likeness (QED) is 0.394. The Kier molecular flexibility index (Phi) is 6.78. The summed E-state index contributed by atoms with van der Waals surface area (Å²) in [6.45, 7) is -0.383. The molecule has 8 heteroatoms. The predicted octanol–water partition coefficient (Wildman–Crippen LogP) is 4.93. The summed E-state index contributed by atoms with van der Waals surface area (Å²) < 4.78 is 10.6. The molecule has 0 saturated carbocycles. The van der Waals surface area contributed by atoms with Crippen molar-refractivity contribution in [2.24, 2.45) is 0 Å². The van der Waals surface area contributed by atoms with E-state index in [0.717, 1.165) is 39.5 Å². The first-order valence-corrected chi connectivity index (χ1v) is 11.7. The Morgan fingerprint density at radius 2 is 1.97 bits per heavy atom. The highest BCUT2D eigenvalue weighted by Gasteiger charge is 2.23. The van der Waals surface area contributed by atoms with Crippen molar-refractivity contribution in [2.45, 2.75) is 17.7 Å². The van der Waals surface area contributed by atoms with E-state index in [0.29, 0.717) is 10.6 Å². The van der Waals surface area contributed by atoms with E-state index in [-0.39, 0.29) is 12.4 Å². The molecule has 2 aromatic carbocycles. The number of ether oxygens (including phenoxy) is 2. The zero-order chi connectivity index (χ0) is 22.5. The summed E-state index contributed by atoms with van der Waals surface area (Å²) >= 11 is 2.72. The van der Waals surface area contributed by atoms with Gasteiger partial charge in [0.15, 0.2) is 6.61 Å². The number of nitrogens with zero attached hydrogens (tertiary/aromatic N) is 1. The van der Waals surface area contributed by atoms with E-state index < -0.39 is 11.9 Å². The highest BCUT2D eigenvalue weighted by atomic mass is 32.2. The number of anilines is 1. The molecule has 0 unspecified atom stereocenters. The Morgan fingerprint density at radius 3 is 2.78 bits per heavy atom. The Hall–Kier alpha value is -3.28. The molecular formula is C24H20N2O4S2. The van der Waals surface area contributed by atoms with Crippen LogP contribution >= 0.6 is 23.1 Å². The van der Waals surface area contributed by atoms with Crippen molar-refractivity contribution < 1.29 is 19.1 Å². The monoisotopic (exact) mass is 464 g/mol. The minimum atomic E-state index is -0.512. The van der Waals surface area contributed by atoms with Crippen LogP contribution in [0.2, 0.25) is 0 Å². The maximum absolute atomic E-state index is 12.6. The molecule has 1 aliphatic carbocycles. The number of thioether (sulfide) groups is 1. The number of thiophene rings is 1. The number of nitrogens with one attached hydrogen (secondary N) is 1. The van der Waals surface area contributed by atoms with Crippen molar-refractivity contribution in [3.05, 3.63) is 64.5 Å². The fourth-order valence-corrected chi connectivity index (χ4v) is 5.37. The molecule has 0 bridgehead atoms. The van der Waals surface area contributed by atoms with Crippen LogP contribution in [0.5, 0.6) is 5.75 Å². The average molecular weight is 465 g/mol. The lowest BCUT2D eigenvalue weighted by Crippen LogP contribution is -2.21. The van der Waals surface area contributed by atoms with Crippen LogP contribution in [0.15, 0.2) is 53.4 Å². The number of carbonyl (C=O) groups excluding carboxylic acids is 2. The molecule has 1 aliphatic rings. The molecule has 162 valence electrons. The van der Waals surface area contributed by atoms with E-state index in [2.05, 4.69) is 11.4 Å². The number of para-hydroxylation sites is 1. The van der Waals surface area contributed by atoms with Gasteiger partial charge in [0.2, 0.25) is 0 Å². The number of carbonyl (C=O) groups is 2. The highest BCUT2D eigenvalue weighted by Crippen LogP contribution is 2.41. The van der Waals surface area contributed by atoms with E-state index >= 15 is 0 Å². The summed E-state index contributed by atoms with van der Waals surface area (Å²) in [7, 11) is 1.65. The Bertz CT molecular complexity index is 1210. The van der Waals surface area contributed by atoms with Gasteiger partial charge < -0.3 is 14.8 Å². The maximum Gasteiger partial charge on any atom is 0.348 e. The zero-order valence-electron chi connectivity index (χ0n) is 17.3. The van der Waals surface area contributed by atoms with Crippen molar-refractivity contribution in [1.29, 1.82) is 5.26 Å². The fraction of sp³-hybridized carbons (Fsp3) is 0.208. The number of hydrogen-bond donors (Lipinski definition) is 1. The van der Waals surface area contributed by atoms with E-state index in [1.165, 1.54) is 28.7 Å². The van der Waals surface area contributed by atoms with Crippen molar-refractivity contribution in [3.8, 4) is 22.3 Å². The minimum absolute atomic E-state index is 0.279. The van der Waals surface area contributed by atoms with Crippen LogP contribution in [-0.2, 0) is 22.4 Å². The van der Waals surface area contributed by atoms with Gasteiger partial charge >= 0.3 is 5.97 Å². The van der Waals surface area contributed by atoms with E-state index in [1.807, 2.05) is 36.4 Å². The molecule has 3 aromatic rings. The van der Waals surface area contributed by atoms with Crippen molar-refractivity contribution in [2.75, 3.05) is 24.8 Å². The number of methoxy groups -OCH3 is 1. The number of rotatable bonds is 7. The van der Waals surface area contributed by atoms with Crippen molar-refractivity contribution in [3.63, 3.8) is 0 Å². The number of hydrogen-bond acceptors (Lipinski definition) is 7. The number of fused-ring (bicyclic) bond motifs is 3. The maximum atomic E-state index is 12.6. The molecule has 1 amide bonds. The molecule has 1 heterocycles. The second-order valence-electron chi connectivity index (χ2n) is 7.06. The molecular weight excluding hydrogens is 444 g/mol. The third-order valence-corrected chi connectivity index (χ3v) is 7.15. The largest absolute Gasteiger partial charge is 0.497 e. The van der Waals surface area contributed by atoms with Crippen LogP contribution < -0.4 is 10.1 Å². The van der Waals surface area contributed by atoms with Gasteiger partial charge in [-0.2, -0.15) is 5.26 Å². The molecule has 0 fully saturated rings. The molecule has 4 rings (SSSR count). The molecule has 0 radical (unpaired) electrons. The number of amides is 1. The first-order chi connectivity index (χ1) is 15.6. The van der Waals surface area contributed by atoms with Gasteiger partial charge in [-0.1, -0.05) is 12.1 Å². The van der Waals surface area contributed by atoms with Crippen molar-refractivity contribution in [1.82, 2.24) is 0 Å². The van der Waals surface area contributed by atoms with Gasteiger partial charge in [-0.05, 0) is 65.9 Å². The lowest BCUT2D eigenvalue weighted by Gasteiger charge is -2.16. The summed E-state index contributed by atoms with van der Waals surface area (Å²) in [6, 6.07) is 17.1. The SMILES string of the molecule is COc1ccc2c(c1)CCc1cc(C(=O)OCC(=O)Nc3ccccc3SCC#N)sc1-2. The number of benzene rings is 2. The zero-order valence-corrected chi connectivity index (χ0v) is 19.0. The molecule has 0 aliphatic heterocycles. The topological polar surface area (TPSA) is 88.4 Å². The van der Waals surface area contributed by atoms with Crippen molar-refractivity contribution >= 4 is 40.7 Å². The van der Waals surface area contributed by atoms with Crippen LogP contribution in [0.1, 0.15) is 20.8 Å². The summed E-state index contributed by atoms with van der Waals surface area (Å²) in [5.74, 6) is 0.159. The lowest BCUT2D eigenvalue weighted by molar-refractivity contribution is -0.119. The second kappa shape index (κ2) is 9.90. The average Bonchev–Trinajstić information content (AvgIpc) is 3.26. The molecule has 0 spiro atoms. The summed E-state index contributed by atoms with van der Waals surface area (Å²) in [6.07, 6.45) is 1.73. The summed E-state index contributed by atoms with van der Waals surface area (Å²) in [5.41, 5.74) is 4.02. The van der Waals surface area contributed by atoms with E-state index in [9.17, 15) is 9.59 Å². The summed E-state index contributed by atoms with van der Waals surface area (Å²) in [5, 5.41) is 11.5. The third kappa shape index (κ3) is 4.79. The van der Waals surface area contributed by atoms with Gasteiger partial charge in [0, 0.05) is 9.77 Å². The lowest BCUT2D eigenvalue weighted by atomic mass is 9.91. The highest BCUT2D eigenvalue weighted by molar-refractivity contribution is 7.99. The van der Waals surface area contributed by atoms with Crippen LogP contribution in [0.25, 0.3) is 10.4 Å². The smallest absolute Gasteiger partial charge is 0.348 e. The van der Waals surface area contributed by atoms with Gasteiger partial charge in [0.05, 0.1) is 24.6 Å². The molecule has 32 heavy (non-hydrogen) atoms. The standard InChI is InChI=1S/C24H20N2O4S2/c1-29-17-8-9-18-15(12-17)6-7-16-13-21(32-23(16)18)24(28)30-14-22(27)26-19-4-2-3-5-20(19)31-11-10-25/h2-5,8-9,12-13H,6-7,11,14H2,1H3,(H,26,27). The molecule has 1 aromatic heterocycles.